The highest BCUT2D eigenvalue weighted by atomic mass is 19.4. The molecule has 21 heavy (non-hydrogen) atoms. The summed E-state index contributed by atoms with van der Waals surface area (Å²) in [4.78, 5) is 12.0. The average Bonchev–Trinajstić information content (AvgIpc) is 2.33. The van der Waals surface area contributed by atoms with Crippen LogP contribution in [0.4, 0.5) is 13.2 Å². The summed E-state index contributed by atoms with van der Waals surface area (Å²) in [6, 6.07) is 3.83. The first-order valence-corrected chi connectivity index (χ1v) is 6.18. The molecule has 0 unspecified atom stereocenters. The first-order valence-electron chi connectivity index (χ1n) is 6.18. The fourth-order valence-electron chi connectivity index (χ4n) is 1.45. The van der Waals surface area contributed by atoms with Gasteiger partial charge in [0.05, 0.1) is 6.61 Å². The van der Waals surface area contributed by atoms with Crippen LogP contribution in [0.25, 0.3) is 0 Å². The second-order valence-electron chi connectivity index (χ2n) is 5.39. The van der Waals surface area contributed by atoms with Gasteiger partial charge in [0.1, 0.15) is 16.9 Å². The van der Waals surface area contributed by atoms with Gasteiger partial charge in [-0.1, -0.05) is 6.07 Å². The van der Waals surface area contributed by atoms with Gasteiger partial charge in [-0.25, -0.2) is 4.79 Å². The minimum absolute atomic E-state index is 0.152. The van der Waals surface area contributed by atoms with E-state index in [1.807, 2.05) is 0 Å². The predicted octanol–water partition coefficient (Wildman–Crippen LogP) is 3.08. The maximum Gasteiger partial charge on any atom is 0.422 e. The lowest BCUT2D eigenvalue weighted by atomic mass is 10.1. The summed E-state index contributed by atoms with van der Waals surface area (Å²) in [5.74, 6) is -1.05. The average molecular weight is 306 g/mol. The first kappa shape index (κ1) is 17.3. The highest BCUT2D eigenvalue weighted by Gasteiger charge is 2.30. The summed E-state index contributed by atoms with van der Waals surface area (Å²) in [6.07, 6.45) is -4.51. The number of aliphatic hydroxyl groups excluding tert-OH is 1. The number of benzene rings is 1. The minimum atomic E-state index is -4.51. The Labute approximate surface area is 120 Å². The van der Waals surface area contributed by atoms with Crippen LogP contribution in [-0.4, -0.2) is 29.5 Å². The number of ether oxygens (including phenoxy) is 2. The van der Waals surface area contributed by atoms with Crippen molar-refractivity contribution in [1.29, 1.82) is 0 Å². The Kier molecular flexibility index (Phi) is 5.22. The third-order valence-corrected chi connectivity index (χ3v) is 2.24. The van der Waals surface area contributed by atoms with E-state index in [4.69, 9.17) is 9.84 Å². The summed E-state index contributed by atoms with van der Waals surface area (Å²) >= 11 is 0. The zero-order valence-corrected chi connectivity index (χ0v) is 12.0. The van der Waals surface area contributed by atoms with Gasteiger partial charge in [0.15, 0.2) is 6.61 Å². The zero-order chi connectivity index (χ0) is 16.3. The lowest BCUT2D eigenvalue weighted by Gasteiger charge is -2.21. The number of esters is 1. The van der Waals surface area contributed by atoms with Crippen LogP contribution in [0.3, 0.4) is 0 Å². The Morgan fingerprint density at radius 1 is 1.24 bits per heavy atom. The Morgan fingerprint density at radius 2 is 1.86 bits per heavy atom. The maximum absolute atomic E-state index is 12.2. The summed E-state index contributed by atoms with van der Waals surface area (Å²) < 4.78 is 46.4. The number of hydrogen-bond acceptors (Lipinski definition) is 4. The second-order valence-corrected chi connectivity index (χ2v) is 5.39. The fourth-order valence-corrected chi connectivity index (χ4v) is 1.45. The number of rotatable bonds is 4. The molecule has 0 radical (unpaired) electrons. The van der Waals surface area contributed by atoms with E-state index in [0.717, 1.165) is 0 Å². The van der Waals surface area contributed by atoms with E-state index in [9.17, 15) is 18.0 Å². The van der Waals surface area contributed by atoms with Crippen LogP contribution in [0.1, 0.15) is 36.7 Å². The molecule has 0 amide bonds. The quantitative estimate of drug-likeness (QED) is 0.869. The predicted molar refractivity (Wildman–Crippen MR) is 69.1 cm³/mol. The molecule has 0 heterocycles. The van der Waals surface area contributed by atoms with E-state index in [1.165, 1.54) is 18.2 Å². The van der Waals surface area contributed by atoms with Crippen LogP contribution in [-0.2, 0) is 11.3 Å². The summed E-state index contributed by atoms with van der Waals surface area (Å²) in [6.45, 7) is 3.04. The molecule has 4 nitrogen and oxygen atoms in total. The van der Waals surface area contributed by atoms with E-state index in [1.54, 1.807) is 20.8 Å². The highest BCUT2D eigenvalue weighted by Crippen LogP contribution is 2.25. The number of carbonyl (C=O) groups is 1. The molecule has 0 saturated heterocycles. The topological polar surface area (TPSA) is 55.8 Å². The second kappa shape index (κ2) is 6.34. The smallest absolute Gasteiger partial charge is 0.422 e. The zero-order valence-electron chi connectivity index (χ0n) is 12.0. The first-order chi connectivity index (χ1) is 9.52. The van der Waals surface area contributed by atoms with Gasteiger partial charge in [-0.15, -0.1) is 0 Å². The number of alkyl halides is 3. The summed E-state index contributed by atoms with van der Waals surface area (Å²) in [7, 11) is 0. The van der Waals surface area contributed by atoms with E-state index in [0.29, 0.717) is 5.56 Å². The van der Waals surface area contributed by atoms with Crippen molar-refractivity contribution in [3.63, 3.8) is 0 Å². The van der Waals surface area contributed by atoms with Gasteiger partial charge in [-0.3, -0.25) is 0 Å². The van der Waals surface area contributed by atoms with E-state index < -0.39 is 24.4 Å². The standard InChI is InChI=1S/C14H17F3O4/c1-13(2,3)21-12(19)10-6-9(7-18)4-5-11(10)20-8-14(15,16)17/h4-6,18H,7-8H2,1-3H3. The highest BCUT2D eigenvalue weighted by molar-refractivity contribution is 5.93. The van der Waals surface area contributed by atoms with Gasteiger partial charge in [0.2, 0.25) is 0 Å². The van der Waals surface area contributed by atoms with Crippen molar-refractivity contribution in [1.82, 2.24) is 0 Å². The molecule has 0 fully saturated rings. The van der Waals surface area contributed by atoms with Crippen LogP contribution < -0.4 is 4.74 Å². The molecule has 1 N–H and O–H groups in total. The maximum atomic E-state index is 12.2. The summed E-state index contributed by atoms with van der Waals surface area (Å²) in [5.41, 5.74) is -0.580. The van der Waals surface area contributed by atoms with Gasteiger partial charge < -0.3 is 14.6 Å². The molecule has 1 rings (SSSR count). The Bertz CT molecular complexity index is 504. The number of carbonyl (C=O) groups excluding carboxylic acids is 1. The van der Waals surface area contributed by atoms with Crippen molar-refractivity contribution in [3.8, 4) is 5.75 Å². The SMILES string of the molecule is CC(C)(C)OC(=O)c1cc(CO)ccc1OCC(F)(F)F. The molecular weight excluding hydrogens is 289 g/mol. The van der Waals surface area contributed by atoms with Gasteiger partial charge in [0, 0.05) is 0 Å². The molecule has 0 aliphatic rings. The molecule has 1 aromatic rings. The van der Waals surface area contributed by atoms with Crippen molar-refractivity contribution in [2.24, 2.45) is 0 Å². The van der Waals surface area contributed by atoms with Crippen LogP contribution >= 0.6 is 0 Å². The van der Waals surface area contributed by atoms with Gasteiger partial charge in [-0.05, 0) is 38.5 Å². The van der Waals surface area contributed by atoms with Gasteiger partial charge >= 0.3 is 12.1 Å². The van der Waals surface area contributed by atoms with E-state index in [2.05, 4.69) is 4.74 Å². The van der Waals surface area contributed by atoms with Crippen LogP contribution in [0.5, 0.6) is 5.75 Å². The lowest BCUT2D eigenvalue weighted by Crippen LogP contribution is -2.25. The number of halogens is 3. The third kappa shape index (κ3) is 6.03. The van der Waals surface area contributed by atoms with Gasteiger partial charge in [0.25, 0.3) is 0 Å². The van der Waals surface area contributed by atoms with Crippen LogP contribution in [0.2, 0.25) is 0 Å². The molecule has 0 bridgehead atoms. The largest absolute Gasteiger partial charge is 0.483 e. The van der Waals surface area contributed by atoms with Crippen molar-refractivity contribution in [3.05, 3.63) is 29.3 Å². The fraction of sp³-hybridized carbons (Fsp3) is 0.500. The number of hydrogen-bond donors (Lipinski definition) is 1. The van der Waals surface area contributed by atoms with Crippen molar-refractivity contribution >= 4 is 5.97 Å². The molecule has 0 aromatic heterocycles. The van der Waals surface area contributed by atoms with Crippen molar-refractivity contribution in [2.45, 2.75) is 39.2 Å². The molecule has 1 aromatic carbocycles. The molecule has 0 aliphatic heterocycles. The lowest BCUT2D eigenvalue weighted by molar-refractivity contribution is -0.153. The molecular formula is C14H17F3O4. The minimum Gasteiger partial charge on any atom is -0.483 e. The van der Waals surface area contributed by atoms with Crippen molar-refractivity contribution in [2.75, 3.05) is 6.61 Å². The molecule has 0 aliphatic carbocycles. The van der Waals surface area contributed by atoms with E-state index in [-0.39, 0.29) is 17.9 Å². The molecule has 118 valence electrons. The molecule has 0 saturated carbocycles. The third-order valence-electron chi connectivity index (χ3n) is 2.24. The van der Waals surface area contributed by atoms with E-state index >= 15 is 0 Å². The Morgan fingerprint density at radius 3 is 2.33 bits per heavy atom. The molecule has 0 atom stereocenters. The normalized spacial score (nSPS) is 12.1. The van der Waals surface area contributed by atoms with Gasteiger partial charge in [-0.2, -0.15) is 13.2 Å². The molecule has 0 spiro atoms. The Balaban J connectivity index is 3.05. The Hall–Kier alpha value is -1.76. The summed E-state index contributed by atoms with van der Waals surface area (Å²) in [5, 5.41) is 9.05. The molecule has 7 heteroatoms. The number of aliphatic hydroxyl groups is 1. The van der Waals surface area contributed by atoms with Crippen LogP contribution in [0, 0.1) is 0 Å². The van der Waals surface area contributed by atoms with Crippen LogP contribution in [0.15, 0.2) is 18.2 Å². The monoisotopic (exact) mass is 306 g/mol. The van der Waals surface area contributed by atoms with Crippen molar-refractivity contribution < 1.29 is 32.5 Å².